The number of rotatable bonds is 0. The Morgan fingerprint density at radius 2 is 1.55 bits per heavy atom. The van der Waals surface area contributed by atoms with Crippen LogP contribution in [-0.4, -0.2) is 19.2 Å². The van der Waals surface area contributed by atoms with Gasteiger partial charge in [-0.3, -0.25) is 9.98 Å². The third-order valence-electron chi connectivity index (χ3n) is 1.29. The zero-order valence-electron chi connectivity index (χ0n) is 5.73. The number of nitrogens with zero attached hydrogens (tertiary/aromatic N) is 2. The molecule has 56 valence electrons. The lowest BCUT2D eigenvalue weighted by Crippen LogP contribution is -1.90. The molecule has 2 aliphatic rings. The monoisotopic (exact) mass is 150 g/mol. The molecule has 0 aromatic heterocycles. The third kappa shape index (κ3) is 1.14. The molecule has 0 saturated heterocycles. The Hall–Kier alpha value is -1.58. The van der Waals surface area contributed by atoms with Crippen LogP contribution < -0.4 is 0 Å². The van der Waals surface area contributed by atoms with Crippen molar-refractivity contribution in [3.8, 4) is 0 Å². The molecule has 0 amide bonds. The average molecular weight is 150 g/mol. The Bertz CT molecular complexity index is 250. The number of hydrogen-bond acceptors (Lipinski definition) is 4. The van der Waals surface area contributed by atoms with Gasteiger partial charge in [-0.2, -0.15) is 0 Å². The van der Waals surface area contributed by atoms with Crippen LogP contribution in [0, 0.1) is 0 Å². The lowest BCUT2D eigenvalue weighted by Gasteiger charge is -1.91. The van der Waals surface area contributed by atoms with E-state index in [9.17, 15) is 0 Å². The summed E-state index contributed by atoms with van der Waals surface area (Å²) in [5.74, 6) is 1.27. The van der Waals surface area contributed by atoms with E-state index in [1.807, 2.05) is 0 Å². The van der Waals surface area contributed by atoms with Gasteiger partial charge >= 0.3 is 0 Å². The Kier molecular flexibility index (Phi) is 1.44. The van der Waals surface area contributed by atoms with Crippen molar-refractivity contribution < 1.29 is 9.47 Å². The van der Waals surface area contributed by atoms with E-state index in [-0.39, 0.29) is 6.79 Å². The molecule has 0 bridgehead atoms. The van der Waals surface area contributed by atoms with Crippen LogP contribution in [0.25, 0.3) is 0 Å². The number of aliphatic imine (C=N–C) groups is 2. The maximum absolute atomic E-state index is 5.08. The largest absolute Gasteiger partial charge is 0.452 e. The molecule has 0 fully saturated rings. The molecule has 0 N–H and O–H groups in total. The topological polar surface area (TPSA) is 43.2 Å². The van der Waals surface area contributed by atoms with E-state index in [2.05, 4.69) is 9.98 Å². The van der Waals surface area contributed by atoms with Crippen LogP contribution in [0.4, 0.5) is 0 Å². The number of allylic oxidation sites excluding steroid dienone is 2. The smallest absolute Gasteiger partial charge is 0.231 e. The fourth-order valence-corrected chi connectivity index (χ4v) is 0.799. The van der Waals surface area contributed by atoms with Gasteiger partial charge in [0.1, 0.15) is 0 Å². The summed E-state index contributed by atoms with van der Waals surface area (Å²) in [6.07, 6.45) is 6.37. The highest BCUT2D eigenvalue weighted by molar-refractivity contribution is 5.89. The molecule has 0 spiro atoms. The fraction of sp³-hybridized carbons (Fsp3) is 0.143. The zero-order valence-corrected chi connectivity index (χ0v) is 5.73. The molecule has 0 aromatic rings. The number of hydrogen-bond donors (Lipinski definition) is 0. The van der Waals surface area contributed by atoms with E-state index in [4.69, 9.17) is 9.47 Å². The highest BCUT2D eigenvalue weighted by Gasteiger charge is 2.13. The molecule has 11 heavy (non-hydrogen) atoms. The Labute approximate surface area is 63.6 Å². The second-order valence-electron chi connectivity index (χ2n) is 1.99. The van der Waals surface area contributed by atoms with Crippen LogP contribution in [0.15, 0.2) is 33.9 Å². The predicted octanol–water partition coefficient (Wildman–Crippen LogP) is 0.829. The van der Waals surface area contributed by atoms with Crippen molar-refractivity contribution >= 4 is 12.4 Å². The fourth-order valence-electron chi connectivity index (χ4n) is 0.799. The van der Waals surface area contributed by atoms with E-state index in [1.54, 1.807) is 24.8 Å². The Morgan fingerprint density at radius 3 is 2.09 bits per heavy atom. The molecule has 2 aliphatic heterocycles. The van der Waals surface area contributed by atoms with Gasteiger partial charge < -0.3 is 9.47 Å². The summed E-state index contributed by atoms with van der Waals surface area (Å²) in [6, 6.07) is 0. The summed E-state index contributed by atoms with van der Waals surface area (Å²) >= 11 is 0. The molecular formula is C7H6N2O2. The van der Waals surface area contributed by atoms with E-state index < -0.39 is 0 Å². The summed E-state index contributed by atoms with van der Waals surface area (Å²) in [4.78, 5) is 7.78. The van der Waals surface area contributed by atoms with Gasteiger partial charge in [0.15, 0.2) is 11.5 Å². The van der Waals surface area contributed by atoms with Gasteiger partial charge in [-0.25, -0.2) is 0 Å². The second-order valence-corrected chi connectivity index (χ2v) is 1.99. The van der Waals surface area contributed by atoms with Gasteiger partial charge in [0.25, 0.3) is 0 Å². The van der Waals surface area contributed by atoms with Crippen molar-refractivity contribution in [1.29, 1.82) is 0 Å². The lowest BCUT2D eigenvalue weighted by molar-refractivity contribution is 0.0823. The van der Waals surface area contributed by atoms with Crippen molar-refractivity contribution in [1.82, 2.24) is 0 Å². The highest BCUT2D eigenvalue weighted by atomic mass is 16.7. The van der Waals surface area contributed by atoms with E-state index in [0.29, 0.717) is 11.5 Å². The maximum Gasteiger partial charge on any atom is 0.231 e. The zero-order chi connectivity index (χ0) is 7.52. The van der Waals surface area contributed by atoms with Gasteiger partial charge in [-0.15, -0.1) is 0 Å². The third-order valence-corrected chi connectivity index (χ3v) is 1.29. The predicted molar refractivity (Wildman–Crippen MR) is 40.2 cm³/mol. The van der Waals surface area contributed by atoms with Crippen LogP contribution in [0.5, 0.6) is 0 Å². The first kappa shape index (κ1) is 6.15. The van der Waals surface area contributed by atoms with Crippen molar-refractivity contribution in [3.05, 3.63) is 23.9 Å². The first-order chi connectivity index (χ1) is 5.47. The highest BCUT2D eigenvalue weighted by Crippen LogP contribution is 2.13. The van der Waals surface area contributed by atoms with Gasteiger partial charge in [-0.1, -0.05) is 0 Å². The Balaban J connectivity index is 2.33. The lowest BCUT2D eigenvalue weighted by atomic mass is 10.4. The minimum absolute atomic E-state index is 0.253. The van der Waals surface area contributed by atoms with Crippen molar-refractivity contribution in [2.24, 2.45) is 9.98 Å². The maximum atomic E-state index is 5.08. The molecule has 0 aliphatic carbocycles. The summed E-state index contributed by atoms with van der Waals surface area (Å²) in [5, 5.41) is 0. The molecule has 0 radical (unpaired) electrons. The summed E-state index contributed by atoms with van der Waals surface area (Å²) in [6.45, 7) is 0.253. The number of ether oxygens (including phenoxy) is 2. The van der Waals surface area contributed by atoms with Gasteiger partial charge in [0.2, 0.25) is 6.79 Å². The normalized spacial score (nSPS) is 23.3. The molecule has 4 heteroatoms. The van der Waals surface area contributed by atoms with Crippen LogP contribution in [0.1, 0.15) is 0 Å². The summed E-state index contributed by atoms with van der Waals surface area (Å²) in [5.41, 5.74) is 0. The minimum atomic E-state index is 0.253. The SMILES string of the molecule is C1=N/C=C\N=CC2=C1OCO2. The van der Waals surface area contributed by atoms with Gasteiger partial charge in [0.05, 0.1) is 12.4 Å². The van der Waals surface area contributed by atoms with Crippen molar-refractivity contribution in [2.45, 2.75) is 0 Å². The van der Waals surface area contributed by atoms with Crippen molar-refractivity contribution in [2.75, 3.05) is 6.79 Å². The van der Waals surface area contributed by atoms with Gasteiger partial charge in [-0.05, 0) is 0 Å². The second kappa shape index (κ2) is 2.57. The summed E-state index contributed by atoms with van der Waals surface area (Å²) in [7, 11) is 0. The van der Waals surface area contributed by atoms with E-state index in [1.165, 1.54) is 0 Å². The van der Waals surface area contributed by atoms with Crippen LogP contribution in [0.3, 0.4) is 0 Å². The van der Waals surface area contributed by atoms with Crippen LogP contribution in [-0.2, 0) is 9.47 Å². The Morgan fingerprint density at radius 1 is 1.00 bits per heavy atom. The molecule has 0 saturated carbocycles. The van der Waals surface area contributed by atoms with E-state index >= 15 is 0 Å². The standard InChI is InChI=1S/C7H6N2O2/c1-2-9-4-7-6(3-8-1)10-5-11-7/h1-4H,5H2/b2-1-,6-3?,7-4?,8-1?,8-3?,9-2?,9-4?. The van der Waals surface area contributed by atoms with Crippen LogP contribution >= 0.6 is 0 Å². The van der Waals surface area contributed by atoms with E-state index in [0.717, 1.165) is 0 Å². The molecule has 2 heterocycles. The first-order valence-corrected chi connectivity index (χ1v) is 3.18. The molecule has 0 atom stereocenters. The summed E-state index contributed by atoms with van der Waals surface area (Å²) < 4.78 is 10.2. The molecule has 2 rings (SSSR count). The minimum Gasteiger partial charge on any atom is -0.452 e. The molecule has 4 nitrogen and oxygen atoms in total. The first-order valence-electron chi connectivity index (χ1n) is 3.18. The average Bonchev–Trinajstić information content (AvgIpc) is 2.35. The quantitative estimate of drug-likeness (QED) is 0.513. The molecule has 0 unspecified atom stereocenters. The molecular weight excluding hydrogens is 144 g/mol. The van der Waals surface area contributed by atoms with Gasteiger partial charge in [0, 0.05) is 12.4 Å². The molecule has 0 aromatic carbocycles. The van der Waals surface area contributed by atoms with Crippen molar-refractivity contribution in [3.63, 3.8) is 0 Å². The van der Waals surface area contributed by atoms with Crippen LogP contribution in [0.2, 0.25) is 0 Å².